The molecule has 24 heavy (non-hydrogen) atoms. The quantitative estimate of drug-likeness (QED) is 0.514. The van der Waals surface area contributed by atoms with E-state index in [0.29, 0.717) is 33.1 Å². The van der Waals surface area contributed by atoms with Gasteiger partial charge in [0, 0.05) is 10.9 Å². The Bertz CT molecular complexity index is 907. The molecule has 0 aromatic heterocycles. The van der Waals surface area contributed by atoms with Gasteiger partial charge in [0.2, 0.25) is 0 Å². The number of hydrogen-bond acceptors (Lipinski definition) is 0. The maximum atomic E-state index is 14.5. The van der Waals surface area contributed by atoms with Gasteiger partial charge in [0.05, 0.1) is 0 Å². The number of benzene rings is 3. The molecule has 0 spiro atoms. The van der Waals surface area contributed by atoms with Crippen molar-refractivity contribution in [2.75, 3.05) is 0 Å². The van der Waals surface area contributed by atoms with Crippen molar-refractivity contribution in [3.05, 3.63) is 77.6 Å². The van der Waals surface area contributed by atoms with Gasteiger partial charge in [-0.1, -0.05) is 44.7 Å². The molecule has 0 heterocycles. The van der Waals surface area contributed by atoms with E-state index in [1.165, 1.54) is 18.2 Å². The third kappa shape index (κ3) is 3.38. The predicted molar refractivity (Wildman–Crippen MR) is 99.6 cm³/mol. The van der Waals surface area contributed by atoms with Crippen LogP contribution < -0.4 is 5.30 Å². The third-order valence-electron chi connectivity index (χ3n) is 3.91. The molecule has 122 valence electrons. The van der Waals surface area contributed by atoms with E-state index in [9.17, 15) is 13.2 Å². The van der Waals surface area contributed by atoms with Crippen molar-refractivity contribution in [2.24, 2.45) is 0 Å². The average molecular weight is 362 g/mol. The van der Waals surface area contributed by atoms with Crippen LogP contribution in [-0.4, -0.2) is 0 Å². The fraction of sp³-hybridized carbons (Fsp3) is 0.0526. The molecule has 0 aliphatic heterocycles. The summed E-state index contributed by atoms with van der Waals surface area (Å²) in [5.74, 6) is -1.13. The summed E-state index contributed by atoms with van der Waals surface area (Å²) >= 11 is 0. The van der Waals surface area contributed by atoms with E-state index in [-0.39, 0.29) is 19.9 Å². The molecule has 0 aliphatic rings. The lowest BCUT2D eigenvalue weighted by Gasteiger charge is -2.09. The maximum Gasteiger partial charge on any atom is 0.131 e. The second-order valence-corrected chi connectivity index (χ2v) is 7.19. The van der Waals surface area contributed by atoms with Gasteiger partial charge in [-0.05, 0) is 47.4 Å². The van der Waals surface area contributed by atoms with Gasteiger partial charge in [-0.3, -0.25) is 0 Å². The lowest BCUT2D eigenvalue weighted by Crippen LogP contribution is -1.99. The monoisotopic (exact) mass is 362 g/mol. The molecule has 3 aromatic carbocycles. The Labute approximate surface area is 143 Å². The maximum absolute atomic E-state index is 14.5. The summed E-state index contributed by atoms with van der Waals surface area (Å²) in [6.07, 6.45) is 0. The minimum Gasteiger partial charge on any atom is -0.207 e. The Morgan fingerprint density at radius 3 is 1.88 bits per heavy atom. The van der Waals surface area contributed by atoms with Gasteiger partial charge in [-0.2, -0.15) is 0 Å². The Morgan fingerprint density at radius 1 is 0.708 bits per heavy atom. The Hall–Kier alpha value is -1.69. The van der Waals surface area contributed by atoms with E-state index in [1.807, 2.05) is 0 Å². The summed E-state index contributed by atoms with van der Waals surface area (Å²) in [7, 11) is 2.76. The van der Waals surface area contributed by atoms with E-state index >= 15 is 0 Å². The molecule has 3 aromatic rings. The number of hydrogen-bond donors (Lipinski definition) is 0. The van der Waals surface area contributed by atoms with Crippen LogP contribution in [0.3, 0.4) is 0 Å². The number of aryl methyl sites for hydroxylation is 1. The van der Waals surface area contributed by atoms with Crippen LogP contribution in [0.5, 0.6) is 0 Å². The fourth-order valence-corrected chi connectivity index (χ4v) is 3.59. The second-order valence-electron chi connectivity index (χ2n) is 5.50. The van der Waals surface area contributed by atoms with E-state index < -0.39 is 5.82 Å². The summed E-state index contributed by atoms with van der Waals surface area (Å²) in [6.45, 7) is 1.68. The normalized spacial score (nSPS) is 11.4. The highest BCUT2D eigenvalue weighted by molar-refractivity contribution is 8.06. The summed E-state index contributed by atoms with van der Waals surface area (Å²) in [4.78, 5) is 0. The molecular weight excluding hydrogens is 347 g/mol. The standard InChI is InChI=1S/C19H15F3P2/c1-11-2-3-12(8-16(11)20)13-4-6-15(17(21)9-13)14-5-7-19(24-23)18(22)10-14/h2-10,24H,23H2,1H3. The molecule has 5 heteroatoms. The van der Waals surface area contributed by atoms with Gasteiger partial charge >= 0.3 is 0 Å². The first-order valence-corrected chi connectivity index (χ1v) is 10.1. The highest BCUT2D eigenvalue weighted by Gasteiger charge is 2.10. The van der Waals surface area contributed by atoms with Crippen molar-refractivity contribution in [2.45, 2.75) is 6.92 Å². The molecule has 2 atom stereocenters. The van der Waals surface area contributed by atoms with E-state index in [1.54, 1.807) is 43.3 Å². The molecular formula is C19H15F3P2. The summed E-state index contributed by atoms with van der Waals surface area (Å²) in [6, 6.07) is 14.2. The summed E-state index contributed by atoms with van der Waals surface area (Å²) in [5, 5.41) is 0.593. The SMILES string of the molecule is Cc1ccc(-c2ccc(-c3ccc(PP)c(F)c3)c(F)c2)cc1F. The molecule has 0 aliphatic carbocycles. The van der Waals surface area contributed by atoms with Crippen molar-refractivity contribution in [3.8, 4) is 22.3 Å². The van der Waals surface area contributed by atoms with E-state index in [0.717, 1.165) is 0 Å². The lowest BCUT2D eigenvalue weighted by molar-refractivity contribution is 0.618. The number of rotatable bonds is 3. The van der Waals surface area contributed by atoms with Crippen molar-refractivity contribution < 1.29 is 13.2 Å². The van der Waals surface area contributed by atoms with E-state index in [4.69, 9.17) is 0 Å². The van der Waals surface area contributed by atoms with Crippen LogP contribution >= 0.6 is 17.2 Å². The van der Waals surface area contributed by atoms with Gasteiger partial charge in [-0.15, -0.1) is 8.93 Å². The molecule has 3 rings (SSSR count). The molecule has 0 saturated carbocycles. The van der Waals surface area contributed by atoms with E-state index in [2.05, 4.69) is 8.93 Å². The van der Waals surface area contributed by atoms with Crippen LogP contribution in [-0.2, 0) is 0 Å². The van der Waals surface area contributed by atoms with Crippen molar-refractivity contribution in [1.29, 1.82) is 0 Å². The smallest absolute Gasteiger partial charge is 0.131 e. The molecule has 0 amide bonds. The summed E-state index contributed by atoms with van der Waals surface area (Å²) in [5.41, 5.74) is 2.54. The first kappa shape index (κ1) is 17.1. The first-order chi connectivity index (χ1) is 11.5. The van der Waals surface area contributed by atoms with Gasteiger partial charge in [0.1, 0.15) is 17.5 Å². The van der Waals surface area contributed by atoms with Crippen LogP contribution in [0.25, 0.3) is 22.3 Å². The topological polar surface area (TPSA) is 0 Å². The minimum atomic E-state index is -0.464. The molecule has 0 N–H and O–H groups in total. The van der Waals surface area contributed by atoms with Crippen molar-refractivity contribution in [3.63, 3.8) is 0 Å². The van der Waals surface area contributed by atoms with Crippen LogP contribution in [0, 0.1) is 24.4 Å². The highest BCUT2D eigenvalue weighted by Crippen LogP contribution is 2.30. The van der Waals surface area contributed by atoms with Crippen molar-refractivity contribution >= 4 is 22.5 Å². The number of halogens is 3. The molecule has 2 unspecified atom stereocenters. The zero-order valence-electron chi connectivity index (χ0n) is 12.9. The molecule has 0 fully saturated rings. The zero-order valence-corrected chi connectivity index (χ0v) is 15.1. The van der Waals surface area contributed by atoms with Gasteiger partial charge < -0.3 is 0 Å². The van der Waals surface area contributed by atoms with Crippen molar-refractivity contribution in [1.82, 2.24) is 0 Å². The summed E-state index contributed by atoms with van der Waals surface area (Å²) < 4.78 is 42.1. The Morgan fingerprint density at radius 2 is 1.29 bits per heavy atom. The highest BCUT2D eigenvalue weighted by atomic mass is 32.0. The zero-order chi connectivity index (χ0) is 17.3. The molecule has 0 bridgehead atoms. The first-order valence-electron chi connectivity index (χ1n) is 7.32. The van der Waals surface area contributed by atoms with Gasteiger partial charge in [-0.25, -0.2) is 13.2 Å². The largest absolute Gasteiger partial charge is 0.207 e. The molecule has 0 nitrogen and oxygen atoms in total. The molecule has 0 radical (unpaired) electrons. The third-order valence-corrected chi connectivity index (χ3v) is 5.56. The van der Waals surface area contributed by atoms with Crippen LogP contribution in [0.2, 0.25) is 0 Å². The van der Waals surface area contributed by atoms with Crippen LogP contribution in [0.1, 0.15) is 5.56 Å². The van der Waals surface area contributed by atoms with Gasteiger partial charge in [0.25, 0.3) is 0 Å². The minimum absolute atomic E-state index is 0.269. The predicted octanol–water partition coefficient (Wildman–Crippen LogP) is 5.84. The Kier molecular flexibility index (Phi) is 5.04. The van der Waals surface area contributed by atoms with Gasteiger partial charge in [0.15, 0.2) is 0 Å². The van der Waals surface area contributed by atoms with Crippen LogP contribution in [0.4, 0.5) is 13.2 Å². The Balaban J connectivity index is 2.01. The molecule has 0 saturated heterocycles. The second kappa shape index (κ2) is 7.05. The average Bonchev–Trinajstić information content (AvgIpc) is 2.57. The van der Waals surface area contributed by atoms with Crippen LogP contribution in [0.15, 0.2) is 54.6 Å². The fourth-order valence-electron chi connectivity index (χ4n) is 2.50. The lowest BCUT2D eigenvalue weighted by atomic mass is 9.99.